The first kappa shape index (κ1) is 14.0. The fourth-order valence-electron chi connectivity index (χ4n) is 2.72. The van der Waals surface area contributed by atoms with Gasteiger partial charge in [-0.1, -0.05) is 19.3 Å². The van der Waals surface area contributed by atoms with E-state index in [1.165, 1.54) is 32.1 Å². The van der Waals surface area contributed by atoms with Crippen LogP contribution in [0.5, 0.6) is 0 Å². The molecule has 0 aromatic rings. The average molecular weight is 272 g/mol. The van der Waals surface area contributed by atoms with Crippen LogP contribution in [0.25, 0.3) is 0 Å². The van der Waals surface area contributed by atoms with E-state index in [0.29, 0.717) is 19.2 Å². The maximum absolute atomic E-state index is 9.18. The van der Waals surface area contributed by atoms with Crippen LogP contribution >= 0.6 is 12.2 Å². The monoisotopic (exact) mass is 272 g/mol. The third-order valence-electron chi connectivity index (χ3n) is 3.90. The van der Waals surface area contributed by atoms with Gasteiger partial charge in [0.2, 0.25) is 0 Å². The molecule has 1 saturated carbocycles. The Hall–Kier alpha value is -0.390. The highest BCUT2D eigenvalue weighted by Crippen LogP contribution is 2.18. The van der Waals surface area contributed by atoms with Crippen molar-refractivity contribution in [3.63, 3.8) is 0 Å². The third-order valence-corrected chi connectivity index (χ3v) is 4.26. The number of aliphatic hydroxyl groups excluding tert-OH is 1. The molecule has 2 fully saturated rings. The SMILES string of the molecule is CC1COC(CO)CN1C(=S)NC1CCCCC1. The lowest BCUT2D eigenvalue weighted by atomic mass is 9.96. The van der Waals surface area contributed by atoms with Gasteiger partial charge in [0.25, 0.3) is 0 Å². The third kappa shape index (κ3) is 3.56. The molecule has 0 amide bonds. The number of morpholine rings is 1. The number of nitrogens with one attached hydrogen (secondary N) is 1. The summed E-state index contributed by atoms with van der Waals surface area (Å²) in [5.41, 5.74) is 0. The van der Waals surface area contributed by atoms with Crippen LogP contribution in [0.4, 0.5) is 0 Å². The predicted molar refractivity (Wildman–Crippen MR) is 75.6 cm³/mol. The van der Waals surface area contributed by atoms with Gasteiger partial charge in [0.1, 0.15) is 0 Å². The number of rotatable bonds is 2. The molecule has 1 saturated heterocycles. The number of ether oxygens (including phenoxy) is 1. The summed E-state index contributed by atoms with van der Waals surface area (Å²) in [6, 6.07) is 0.824. The quantitative estimate of drug-likeness (QED) is 0.741. The van der Waals surface area contributed by atoms with Crippen molar-refractivity contribution in [2.75, 3.05) is 19.8 Å². The largest absolute Gasteiger partial charge is 0.394 e. The number of hydrogen-bond acceptors (Lipinski definition) is 3. The number of aliphatic hydroxyl groups is 1. The van der Waals surface area contributed by atoms with E-state index in [1.54, 1.807) is 0 Å². The molecule has 5 heteroatoms. The topological polar surface area (TPSA) is 44.7 Å². The highest BCUT2D eigenvalue weighted by atomic mass is 32.1. The van der Waals surface area contributed by atoms with Gasteiger partial charge in [-0.2, -0.15) is 0 Å². The van der Waals surface area contributed by atoms with Crippen LogP contribution in [0, 0.1) is 0 Å². The minimum Gasteiger partial charge on any atom is -0.394 e. The molecule has 4 nitrogen and oxygen atoms in total. The molecule has 0 aromatic carbocycles. The molecule has 2 aliphatic rings. The van der Waals surface area contributed by atoms with Gasteiger partial charge in [-0.25, -0.2) is 0 Å². The zero-order valence-corrected chi connectivity index (χ0v) is 11.9. The minimum absolute atomic E-state index is 0.0647. The van der Waals surface area contributed by atoms with Crippen molar-refractivity contribution in [1.82, 2.24) is 10.2 Å². The molecule has 1 aliphatic heterocycles. The van der Waals surface area contributed by atoms with E-state index in [9.17, 15) is 5.11 Å². The summed E-state index contributed by atoms with van der Waals surface area (Å²) in [6.45, 7) is 3.51. The molecule has 2 atom stereocenters. The van der Waals surface area contributed by atoms with Gasteiger partial charge in [-0.05, 0) is 32.0 Å². The maximum Gasteiger partial charge on any atom is 0.169 e. The molecule has 2 N–H and O–H groups in total. The number of nitrogens with zero attached hydrogens (tertiary/aromatic N) is 1. The summed E-state index contributed by atoms with van der Waals surface area (Å²) in [7, 11) is 0. The summed E-state index contributed by atoms with van der Waals surface area (Å²) in [5.74, 6) is 0. The van der Waals surface area contributed by atoms with Crippen molar-refractivity contribution >= 4 is 17.3 Å². The second kappa shape index (κ2) is 6.68. The highest BCUT2D eigenvalue weighted by Gasteiger charge is 2.28. The van der Waals surface area contributed by atoms with Gasteiger partial charge >= 0.3 is 0 Å². The van der Waals surface area contributed by atoms with E-state index < -0.39 is 0 Å². The Balaban J connectivity index is 1.85. The van der Waals surface area contributed by atoms with Crippen molar-refractivity contribution < 1.29 is 9.84 Å². The minimum atomic E-state index is -0.104. The van der Waals surface area contributed by atoms with Crippen molar-refractivity contribution in [1.29, 1.82) is 0 Å². The number of thiocarbonyl (C=S) groups is 1. The van der Waals surface area contributed by atoms with E-state index in [1.807, 2.05) is 0 Å². The van der Waals surface area contributed by atoms with Crippen molar-refractivity contribution in [3.8, 4) is 0 Å². The van der Waals surface area contributed by atoms with Gasteiger partial charge in [-0.3, -0.25) is 0 Å². The van der Waals surface area contributed by atoms with Crippen LogP contribution in [0.15, 0.2) is 0 Å². The first-order chi connectivity index (χ1) is 8.70. The second-order valence-electron chi connectivity index (χ2n) is 5.42. The predicted octanol–water partition coefficient (Wildman–Crippen LogP) is 1.28. The van der Waals surface area contributed by atoms with E-state index in [0.717, 1.165) is 5.11 Å². The van der Waals surface area contributed by atoms with E-state index >= 15 is 0 Å². The second-order valence-corrected chi connectivity index (χ2v) is 5.81. The summed E-state index contributed by atoms with van der Waals surface area (Å²) < 4.78 is 5.53. The molecule has 0 bridgehead atoms. The Bertz CT molecular complexity index is 282. The summed E-state index contributed by atoms with van der Waals surface area (Å²) >= 11 is 5.51. The lowest BCUT2D eigenvalue weighted by Gasteiger charge is -2.40. The van der Waals surface area contributed by atoms with Crippen LogP contribution < -0.4 is 5.32 Å². The molecule has 0 aromatic heterocycles. The van der Waals surface area contributed by atoms with E-state index in [2.05, 4.69) is 17.1 Å². The molecule has 1 aliphatic carbocycles. The number of hydrogen-bond donors (Lipinski definition) is 2. The smallest absolute Gasteiger partial charge is 0.169 e. The van der Waals surface area contributed by atoms with Crippen LogP contribution in [0.1, 0.15) is 39.0 Å². The Kier molecular flexibility index (Phi) is 5.21. The van der Waals surface area contributed by atoms with Crippen LogP contribution in [-0.2, 0) is 4.74 Å². The highest BCUT2D eigenvalue weighted by molar-refractivity contribution is 7.80. The normalized spacial score (nSPS) is 30.2. The molecule has 0 radical (unpaired) electrons. The van der Waals surface area contributed by atoms with Crippen molar-refractivity contribution in [2.24, 2.45) is 0 Å². The first-order valence-corrected chi connectivity index (χ1v) is 7.41. The van der Waals surface area contributed by atoms with Gasteiger partial charge in [0.05, 0.1) is 25.4 Å². The lowest BCUT2D eigenvalue weighted by Crippen LogP contribution is -2.56. The molecular weight excluding hydrogens is 248 g/mol. The molecule has 0 spiro atoms. The van der Waals surface area contributed by atoms with E-state index in [-0.39, 0.29) is 18.8 Å². The van der Waals surface area contributed by atoms with Crippen LogP contribution in [0.3, 0.4) is 0 Å². The standard InChI is InChI=1S/C13H24N2O2S/c1-10-9-17-12(8-16)7-15(10)13(18)14-11-5-3-2-4-6-11/h10-12,16H,2-9H2,1H3,(H,14,18). The average Bonchev–Trinajstić information content (AvgIpc) is 2.40. The van der Waals surface area contributed by atoms with Gasteiger partial charge < -0.3 is 20.1 Å². The lowest BCUT2D eigenvalue weighted by molar-refractivity contribution is -0.0563. The summed E-state index contributed by atoms with van der Waals surface area (Å²) in [4.78, 5) is 2.16. The van der Waals surface area contributed by atoms with Gasteiger partial charge in [0, 0.05) is 12.6 Å². The van der Waals surface area contributed by atoms with Crippen LogP contribution in [0.2, 0.25) is 0 Å². The van der Waals surface area contributed by atoms with Crippen molar-refractivity contribution in [2.45, 2.75) is 57.2 Å². The molecule has 2 unspecified atom stereocenters. The first-order valence-electron chi connectivity index (χ1n) is 7.00. The molecule has 1 heterocycles. The molecule has 2 rings (SSSR count). The Morgan fingerprint density at radius 2 is 2.11 bits per heavy atom. The Morgan fingerprint density at radius 3 is 2.78 bits per heavy atom. The van der Waals surface area contributed by atoms with Gasteiger partial charge in [0.15, 0.2) is 5.11 Å². The summed E-state index contributed by atoms with van der Waals surface area (Å²) in [5, 5.41) is 13.5. The van der Waals surface area contributed by atoms with Crippen LogP contribution in [-0.4, -0.2) is 53.1 Å². The summed E-state index contributed by atoms with van der Waals surface area (Å²) in [6.07, 6.45) is 6.30. The van der Waals surface area contributed by atoms with Crippen molar-refractivity contribution in [3.05, 3.63) is 0 Å². The zero-order valence-electron chi connectivity index (χ0n) is 11.1. The fourth-order valence-corrected chi connectivity index (χ4v) is 3.14. The fraction of sp³-hybridized carbons (Fsp3) is 0.923. The molecule has 104 valence electrons. The van der Waals surface area contributed by atoms with Gasteiger partial charge in [-0.15, -0.1) is 0 Å². The Labute approximate surface area is 115 Å². The zero-order chi connectivity index (χ0) is 13.0. The maximum atomic E-state index is 9.18. The molecular formula is C13H24N2O2S. The molecule has 18 heavy (non-hydrogen) atoms. The Morgan fingerprint density at radius 1 is 1.39 bits per heavy atom. The van der Waals surface area contributed by atoms with E-state index in [4.69, 9.17) is 17.0 Å².